The molecular weight excluding hydrogens is 370 g/mol. The highest BCUT2D eigenvalue weighted by Crippen LogP contribution is 2.27. The molecule has 1 amide bonds. The number of benzene rings is 2. The fraction of sp³-hybridized carbons (Fsp3) is 0.318. The van der Waals surface area contributed by atoms with Crippen molar-refractivity contribution in [3.63, 3.8) is 0 Å². The highest BCUT2D eigenvalue weighted by molar-refractivity contribution is 5.80. The van der Waals surface area contributed by atoms with Crippen molar-refractivity contribution in [2.45, 2.75) is 26.3 Å². The van der Waals surface area contributed by atoms with Crippen molar-refractivity contribution in [3.05, 3.63) is 64.2 Å². The van der Waals surface area contributed by atoms with Gasteiger partial charge in [0.15, 0.2) is 11.5 Å². The molecule has 0 bridgehead atoms. The normalized spacial score (nSPS) is 10.7. The first kappa shape index (κ1) is 20.4. The molecule has 0 aliphatic heterocycles. The topological polar surface area (TPSA) is 82.5 Å². The summed E-state index contributed by atoms with van der Waals surface area (Å²) in [6.45, 7) is 2.71. The van der Waals surface area contributed by atoms with Gasteiger partial charge in [-0.1, -0.05) is 18.2 Å². The van der Waals surface area contributed by atoms with E-state index in [1.165, 1.54) is 10.9 Å². The number of ether oxygens (including phenoxy) is 2. The van der Waals surface area contributed by atoms with Crippen LogP contribution < -0.4 is 20.3 Å². The zero-order valence-electron chi connectivity index (χ0n) is 16.9. The van der Waals surface area contributed by atoms with E-state index >= 15 is 0 Å². The maximum atomic E-state index is 12.6. The quantitative estimate of drug-likeness (QED) is 0.634. The highest BCUT2D eigenvalue weighted by Gasteiger charge is 2.08. The van der Waals surface area contributed by atoms with Crippen LogP contribution in [0.3, 0.4) is 0 Å². The van der Waals surface area contributed by atoms with E-state index in [0.717, 1.165) is 11.1 Å². The molecule has 7 heteroatoms. The van der Waals surface area contributed by atoms with Gasteiger partial charge in [-0.3, -0.25) is 14.2 Å². The number of para-hydroxylation sites is 1. The zero-order chi connectivity index (χ0) is 20.8. The lowest BCUT2D eigenvalue weighted by Crippen LogP contribution is -2.29. The molecule has 0 saturated carbocycles. The maximum Gasteiger partial charge on any atom is 0.261 e. The van der Waals surface area contributed by atoms with Crippen molar-refractivity contribution in [2.24, 2.45) is 0 Å². The van der Waals surface area contributed by atoms with Gasteiger partial charge in [0.2, 0.25) is 5.91 Å². The van der Waals surface area contributed by atoms with Crippen molar-refractivity contribution in [3.8, 4) is 11.5 Å². The summed E-state index contributed by atoms with van der Waals surface area (Å²) >= 11 is 0. The van der Waals surface area contributed by atoms with Crippen LogP contribution in [-0.4, -0.2) is 36.2 Å². The number of nitrogens with zero attached hydrogens (tertiary/aromatic N) is 2. The van der Waals surface area contributed by atoms with E-state index in [-0.39, 0.29) is 24.4 Å². The van der Waals surface area contributed by atoms with Crippen molar-refractivity contribution in [1.82, 2.24) is 14.9 Å². The molecule has 152 valence electrons. The molecule has 7 nitrogen and oxygen atoms in total. The Kier molecular flexibility index (Phi) is 6.49. The van der Waals surface area contributed by atoms with E-state index in [2.05, 4.69) is 10.3 Å². The number of hydrogen-bond donors (Lipinski definition) is 1. The number of methoxy groups -OCH3 is 2. The Bertz CT molecular complexity index is 1080. The molecule has 0 atom stereocenters. The molecule has 0 spiro atoms. The van der Waals surface area contributed by atoms with Crippen LogP contribution in [0.25, 0.3) is 10.9 Å². The maximum absolute atomic E-state index is 12.6. The van der Waals surface area contributed by atoms with Crippen LogP contribution in [0, 0.1) is 6.92 Å². The summed E-state index contributed by atoms with van der Waals surface area (Å²) < 4.78 is 12.0. The van der Waals surface area contributed by atoms with Gasteiger partial charge in [-0.2, -0.15) is 0 Å². The number of hydrogen-bond acceptors (Lipinski definition) is 5. The number of amides is 1. The third-order valence-electron chi connectivity index (χ3n) is 4.82. The number of fused-ring (bicyclic) bond motifs is 1. The van der Waals surface area contributed by atoms with E-state index in [1.54, 1.807) is 20.3 Å². The standard InChI is InChI=1S/C22H25N3O4/c1-15-5-4-6-17-21(15)24-14-25(22(17)27)12-10-20(26)23-11-9-16-7-8-18(28-2)19(13-16)29-3/h4-8,13-14H,9-12H2,1-3H3,(H,23,26). The van der Waals surface area contributed by atoms with Gasteiger partial charge in [0.05, 0.1) is 31.4 Å². The molecule has 0 aliphatic carbocycles. The van der Waals surface area contributed by atoms with Crippen LogP contribution in [0.4, 0.5) is 0 Å². The van der Waals surface area contributed by atoms with E-state index in [9.17, 15) is 9.59 Å². The lowest BCUT2D eigenvalue weighted by molar-refractivity contribution is -0.121. The lowest BCUT2D eigenvalue weighted by atomic mass is 10.1. The second-order valence-corrected chi connectivity index (χ2v) is 6.75. The number of nitrogens with one attached hydrogen (secondary N) is 1. The Morgan fingerprint density at radius 1 is 1.14 bits per heavy atom. The number of aromatic nitrogens is 2. The molecule has 1 N–H and O–H groups in total. The summed E-state index contributed by atoms with van der Waals surface area (Å²) in [5.41, 5.74) is 2.57. The van der Waals surface area contributed by atoms with Crippen molar-refractivity contribution in [1.29, 1.82) is 0 Å². The van der Waals surface area contributed by atoms with Crippen molar-refractivity contribution >= 4 is 16.8 Å². The Balaban J connectivity index is 1.54. The molecule has 29 heavy (non-hydrogen) atoms. The largest absolute Gasteiger partial charge is 0.493 e. The monoisotopic (exact) mass is 395 g/mol. The minimum atomic E-state index is -0.128. The minimum absolute atomic E-state index is 0.110. The predicted octanol–water partition coefficient (Wildman–Crippen LogP) is 2.47. The van der Waals surface area contributed by atoms with Crippen molar-refractivity contribution < 1.29 is 14.3 Å². The number of rotatable bonds is 8. The zero-order valence-corrected chi connectivity index (χ0v) is 16.9. The average Bonchev–Trinajstić information content (AvgIpc) is 2.73. The molecule has 0 unspecified atom stereocenters. The number of aryl methyl sites for hydroxylation is 2. The Morgan fingerprint density at radius 2 is 1.93 bits per heavy atom. The molecule has 2 aromatic carbocycles. The van der Waals surface area contributed by atoms with Gasteiger partial charge in [-0.05, 0) is 42.7 Å². The fourth-order valence-electron chi connectivity index (χ4n) is 3.19. The first-order valence-corrected chi connectivity index (χ1v) is 9.46. The van der Waals surface area contributed by atoms with Crippen LogP contribution in [0.5, 0.6) is 11.5 Å². The fourth-order valence-corrected chi connectivity index (χ4v) is 3.19. The lowest BCUT2D eigenvalue weighted by Gasteiger charge is -2.10. The SMILES string of the molecule is COc1ccc(CCNC(=O)CCn2cnc3c(C)cccc3c2=O)cc1OC. The van der Waals surface area contributed by atoms with Crippen LogP contribution in [0.1, 0.15) is 17.5 Å². The van der Waals surface area contributed by atoms with Gasteiger partial charge in [0, 0.05) is 19.5 Å². The molecule has 0 fully saturated rings. The van der Waals surface area contributed by atoms with Gasteiger partial charge in [0.1, 0.15) is 0 Å². The van der Waals surface area contributed by atoms with Gasteiger partial charge in [0.25, 0.3) is 5.56 Å². The summed E-state index contributed by atoms with van der Waals surface area (Å²) in [4.78, 5) is 29.1. The highest BCUT2D eigenvalue weighted by atomic mass is 16.5. The summed E-state index contributed by atoms with van der Waals surface area (Å²) in [5.74, 6) is 1.22. The summed E-state index contributed by atoms with van der Waals surface area (Å²) in [7, 11) is 3.18. The van der Waals surface area contributed by atoms with Crippen LogP contribution in [0.15, 0.2) is 47.5 Å². The van der Waals surface area contributed by atoms with Crippen LogP contribution in [-0.2, 0) is 17.8 Å². The smallest absolute Gasteiger partial charge is 0.261 e. The van der Waals surface area contributed by atoms with Gasteiger partial charge < -0.3 is 14.8 Å². The minimum Gasteiger partial charge on any atom is -0.493 e. The summed E-state index contributed by atoms with van der Waals surface area (Å²) in [6.07, 6.45) is 2.39. The Labute approximate surface area is 169 Å². The summed E-state index contributed by atoms with van der Waals surface area (Å²) in [6, 6.07) is 11.2. The molecule has 1 aromatic heterocycles. The Morgan fingerprint density at radius 3 is 2.69 bits per heavy atom. The summed E-state index contributed by atoms with van der Waals surface area (Å²) in [5, 5.41) is 3.46. The second kappa shape index (κ2) is 9.23. The molecule has 0 saturated heterocycles. The molecular formula is C22H25N3O4. The molecule has 0 aliphatic rings. The van der Waals surface area contributed by atoms with E-state index < -0.39 is 0 Å². The molecule has 1 heterocycles. The predicted molar refractivity (Wildman–Crippen MR) is 112 cm³/mol. The Hall–Kier alpha value is -3.35. The number of carbonyl (C=O) groups excluding carboxylic acids is 1. The molecule has 0 radical (unpaired) electrons. The van der Waals surface area contributed by atoms with Crippen LogP contribution in [0.2, 0.25) is 0 Å². The first-order valence-electron chi connectivity index (χ1n) is 9.46. The van der Waals surface area contributed by atoms with E-state index in [4.69, 9.17) is 9.47 Å². The van der Waals surface area contributed by atoms with Gasteiger partial charge in [-0.15, -0.1) is 0 Å². The van der Waals surface area contributed by atoms with E-state index in [1.807, 2.05) is 37.3 Å². The third kappa shape index (κ3) is 4.74. The average molecular weight is 395 g/mol. The molecule has 3 aromatic rings. The van der Waals surface area contributed by atoms with E-state index in [0.29, 0.717) is 35.4 Å². The van der Waals surface area contributed by atoms with Gasteiger partial charge >= 0.3 is 0 Å². The van der Waals surface area contributed by atoms with Crippen molar-refractivity contribution in [2.75, 3.05) is 20.8 Å². The first-order chi connectivity index (χ1) is 14.0. The second-order valence-electron chi connectivity index (χ2n) is 6.75. The van der Waals surface area contributed by atoms with Crippen LogP contribution >= 0.6 is 0 Å². The number of carbonyl (C=O) groups is 1. The third-order valence-corrected chi connectivity index (χ3v) is 4.82. The molecule has 3 rings (SSSR count). The van der Waals surface area contributed by atoms with Gasteiger partial charge in [-0.25, -0.2) is 4.98 Å².